The van der Waals surface area contributed by atoms with E-state index in [9.17, 15) is 18.0 Å². The van der Waals surface area contributed by atoms with E-state index in [1.807, 2.05) is 18.2 Å². The van der Waals surface area contributed by atoms with Gasteiger partial charge < -0.3 is 0 Å². The van der Waals surface area contributed by atoms with E-state index in [4.69, 9.17) is 0 Å². The fourth-order valence-electron chi connectivity index (χ4n) is 3.15. The van der Waals surface area contributed by atoms with Crippen LogP contribution in [0.15, 0.2) is 74.1 Å². The Kier molecular flexibility index (Phi) is 4.14. The van der Waals surface area contributed by atoms with Gasteiger partial charge in [-0.3, -0.25) is 9.59 Å². The first kappa shape index (κ1) is 18.2. The second-order valence-electron chi connectivity index (χ2n) is 6.60. The molecule has 0 bridgehead atoms. The number of hydrogen-bond donors (Lipinski definition) is 0. The fourth-order valence-corrected chi connectivity index (χ4v) is 8.45. The number of carbonyl (C=O) groups is 1. The van der Waals surface area contributed by atoms with Gasteiger partial charge in [0.05, 0.1) is 0 Å². The summed E-state index contributed by atoms with van der Waals surface area (Å²) in [5.74, 6) is 0. The van der Waals surface area contributed by atoms with E-state index in [1.165, 1.54) is 12.1 Å². The van der Waals surface area contributed by atoms with Crippen LogP contribution in [0.1, 0.15) is 5.56 Å². The summed E-state index contributed by atoms with van der Waals surface area (Å²) >= 11 is 0.879. The SMILES string of the molecule is CS1(C)C(=O)C(S(=O)(=O)c2cc3ccccc3sc2=O)=Cc2ccccc21. The van der Waals surface area contributed by atoms with Crippen molar-refractivity contribution in [2.75, 3.05) is 12.5 Å². The molecule has 2 heterocycles. The Labute approximate surface area is 162 Å². The number of rotatable bonds is 2. The average Bonchev–Trinajstić information content (AvgIpc) is 2.64. The lowest BCUT2D eigenvalue weighted by molar-refractivity contribution is -0.107. The highest BCUT2D eigenvalue weighted by atomic mass is 32.3. The third-order valence-corrected chi connectivity index (χ3v) is 10.2. The Balaban J connectivity index is 1.98. The highest BCUT2D eigenvalue weighted by molar-refractivity contribution is 8.45. The van der Waals surface area contributed by atoms with Crippen LogP contribution in [-0.4, -0.2) is 26.0 Å². The maximum absolute atomic E-state index is 13.3. The van der Waals surface area contributed by atoms with Crippen molar-refractivity contribution in [3.05, 3.63) is 74.6 Å². The number of hydrogen-bond acceptors (Lipinski definition) is 5. The number of carbonyl (C=O) groups excluding carboxylic acids is 1. The normalized spacial score (nSPS) is 17.3. The molecule has 1 aromatic heterocycles. The standard InChI is InChI=1S/C20H16O4S3/c1-26(2)16-10-6-4-8-14(16)12-18(20(26)22)27(23,24)17-11-13-7-3-5-9-15(13)25-19(17)21/h3-12H,1-2H3. The molecule has 0 saturated carbocycles. The van der Waals surface area contributed by atoms with E-state index in [-0.39, 0.29) is 9.80 Å². The van der Waals surface area contributed by atoms with Crippen molar-refractivity contribution in [1.29, 1.82) is 0 Å². The topological polar surface area (TPSA) is 68.3 Å². The van der Waals surface area contributed by atoms with Crippen molar-refractivity contribution in [2.45, 2.75) is 9.79 Å². The minimum absolute atomic E-state index is 0.291. The highest BCUT2D eigenvalue weighted by Crippen LogP contribution is 2.57. The number of benzene rings is 2. The van der Waals surface area contributed by atoms with E-state index in [1.54, 1.807) is 42.8 Å². The van der Waals surface area contributed by atoms with Crippen molar-refractivity contribution < 1.29 is 13.2 Å². The van der Waals surface area contributed by atoms with Crippen LogP contribution in [0.3, 0.4) is 0 Å². The maximum Gasteiger partial charge on any atom is 0.251 e. The van der Waals surface area contributed by atoms with E-state index in [0.29, 0.717) is 15.6 Å². The molecule has 1 aliphatic heterocycles. The molecule has 4 rings (SSSR count). The Bertz CT molecular complexity index is 1300. The largest absolute Gasteiger partial charge is 0.282 e. The van der Waals surface area contributed by atoms with Gasteiger partial charge in [0.25, 0.3) is 4.74 Å². The van der Waals surface area contributed by atoms with Crippen molar-refractivity contribution >= 4 is 52.5 Å². The molecular formula is C20H16O4S3. The number of fused-ring (bicyclic) bond motifs is 2. The van der Waals surface area contributed by atoms with Crippen LogP contribution in [0.25, 0.3) is 16.2 Å². The van der Waals surface area contributed by atoms with Crippen LogP contribution in [0.2, 0.25) is 0 Å². The molecule has 2 aromatic carbocycles. The predicted octanol–water partition coefficient (Wildman–Crippen LogP) is 4.04. The summed E-state index contributed by atoms with van der Waals surface area (Å²) < 4.78 is 26.7. The highest BCUT2D eigenvalue weighted by Gasteiger charge is 2.40. The summed E-state index contributed by atoms with van der Waals surface area (Å²) in [6.45, 7) is 0. The molecule has 0 fully saturated rings. The van der Waals surface area contributed by atoms with Crippen LogP contribution in [0, 0.1) is 0 Å². The zero-order chi connectivity index (χ0) is 19.4. The van der Waals surface area contributed by atoms with Gasteiger partial charge in [0.15, 0.2) is 0 Å². The quantitative estimate of drug-likeness (QED) is 0.632. The second-order valence-corrected chi connectivity index (χ2v) is 13.0. The van der Waals surface area contributed by atoms with Gasteiger partial charge in [-0.1, -0.05) is 47.7 Å². The number of sulfone groups is 1. The summed E-state index contributed by atoms with van der Waals surface area (Å²) in [5.41, 5.74) is 0.715. The summed E-state index contributed by atoms with van der Waals surface area (Å²) in [5, 5.41) is 0.246. The third-order valence-electron chi connectivity index (χ3n) is 4.61. The van der Waals surface area contributed by atoms with Crippen LogP contribution in [-0.2, 0) is 14.6 Å². The van der Waals surface area contributed by atoms with Gasteiger partial charge in [-0.2, -0.15) is 10.0 Å². The lowest BCUT2D eigenvalue weighted by Crippen LogP contribution is -2.25. The van der Waals surface area contributed by atoms with Gasteiger partial charge in [0.2, 0.25) is 15.0 Å². The van der Waals surface area contributed by atoms with Gasteiger partial charge in [0, 0.05) is 9.60 Å². The zero-order valence-corrected chi connectivity index (χ0v) is 17.1. The maximum atomic E-state index is 13.3. The first-order valence-electron chi connectivity index (χ1n) is 8.09. The van der Waals surface area contributed by atoms with E-state index < -0.39 is 29.7 Å². The summed E-state index contributed by atoms with van der Waals surface area (Å²) in [6.07, 6.45) is 4.99. The summed E-state index contributed by atoms with van der Waals surface area (Å²) in [6, 6.07) is 15.8. The van der Waals surface area contributed by atoms with Gasteiger partial charge >= 0.3 is 0 Å². The van der Waals surface area contributed by atoms with Gasteiger partial charge in [-0.25, -0.2) is 8.42 Å². The molecule has 0 radical (unpaired) electrons. The lowest BCUT2D eigenvalue weighted by atomic mass is 10.2. The van der Waals surface area contributed by atoms with Crippen molar-refractivity contribution in [2.24, 2.45) is 0 Å². The minimum atomic E-state index is -4.22. The third kappa shape index (κ3) is 2.77. The first-order chi connectivity index (χ1) is 12.7. The average molecular weight is 417 g/mol. The second kappa shape index (κ2) is 6.15. The molecule has 4 nitrogen and oxygen atoms in total. The van der Waals surface area contributed by atoms with Crippen LogP contribution >= 0.6 is 21.4 Å². The molecule has 138 valence electrons. The van der Waals surface area contributed by atoms with Crippen LogP contribution < -0.4 is 4.74 Å². The summed E-state index contributed by atoms with van der Waals surface area (Å²) in [7, 11) is -6.22. The lowest BCUT2D eigenvalue weighted by Gasteiger charge is -2.35. The van der Waals surface area contributed by atoms with E-state index in [0.717, 1.165) is 16.2 Å². The van der Waals surface area contributed by atoms with Crippen LogP contribution in [0.4, 0.5) is 0 Å². The smallest absolute Gasteiger partial charge is 0.251 e. The van der Waals surface area contributed by atoms with Crippen molar-refractivity contribution in [1.82, 2.24) is 0 Å². The molecule has 0 N–H and O–H groups in total. The Hall–Kier alpha value is -2.22. The van der Waals surface area contributed by atoms with Gasteiger partial charge in [0.1, 0.15) is 9.80 Å². The van der Waals surface area contributed by atoms with Gasteiger partial charge in [-0.05, 0) is 47.7 Å². The van der Waals surface area contributed by atoms with Crippen molar-refractivity contribution in [3.63, 3.8) is 0 Å². The molecule has 7 heteroatoms. The minimum Gasteiger partial charge on any atom is -0.282 e. The Morgan fingerprint density at radius 1 is 0.926 bits per heavy atom. The zero-order valence-electron chi connectivity index (χ0n) is 14.6. The first-order valence-corrected chi connectivity index (χ1v) is 12.8. The molecule has 3 aromatic rings. The molecule has 0 atom stereocenters. The molecule has 0 amide bonds. The molecule has 0 aliphatic carbocycles. The van der Waals surface area contributed by atoms with Crippen LogP contribution in [0.5, 0.6) is 0 Å². The monoisotopic (exact) mass is 416 g/mol. The molecule has 0 saturated heterocycles. The fraction of sp³-hybridized carbons (Fsp3) is 0.100. The Morgan fingerprint density at radius 3 is 2.37 bits per heavy atom. The molecule has 0 spiro atoms. The predicted molar refractivity (Wildman–Crippen MR) is 112 cm³/mol. The molecule has 1 aliphatic rings. The molecule has 0 unspecified atom stereocenters. The van der Waals surface area contributed by atoms with Crippen molar-refractivity contribution in [3.8, 4) is 0 Å². The van der Waals surface area contributed by atoms with E-state index in [2.05, 4.69) is 0 Å². The van der Waals surface area contributed by atoms with E-state index >= 15 is 0 Å². The van der Waals surface area contributed by atoms with Gasteiger partial charge in [-0.15, -0.1) is 0 Å². The molecule has 27 heavy (non-hydrogen) atoms. The summed E-state index contributed by atoms with van der Waals surface area (Å²) in [4.78, 5) is 25.9. The Morgan fingerprint density at radius 2 is 1.59 bits per heavy atom. The molecular weight excluding hydrogens is 400 g/mol.